The number of nitrogens with zero attached hydrogens (tertiary/aromatic N) is 1. The van der Waals surface area contributed by atoms with E-state index in [9.17, 15) is 4.79 Å². The van der Waals surface area contributed by atoms with Crippen LogP contribution < -0.4 is 0 Å². The number of allylic oxidation sites excluding steroid dienone is 1. The number of hydrogen-bond acceptors (Lipinski definition) is 1. The van der Waals surface area contributed by atoms with Crippen molar-refractivity contribution in [3.8, 4) is 0 Å². The molecule has 0 N–H and O–H groups in total. The second-order valence-electron chi connectivity index (χ2n) is 3.35. The SMILES string of the molecule is C=CCCCC(=O)N(C)CCCC. The van der Waals surface area contributed by atoms with E-state index < -0.39 is 0 Å². The lowest BCUT2D eigenvalue weighted by Crippen LogP contribution is -2.27. The summed E-state index contributed by atoms with van der Waals surface area (Å²) in [4.78, 5) is 13.2. The summed E-state index contributed by atoms with van der Waals surface area (Å²) in [6.07, 6.45) is 6.63. The molecule has 0 aromatic rings. The predicted molar refractivity (Wildman–Crippen MR) is 56.6 cm³/mol. The molecule has 13 heavy (non-hydrogen) atoms. The van der Waals surface area contributed by atoms with E-state index in [-0.39, 0.29) is 5.91 Å². The molecule has 0 radical (unpaired) electrons. The number of rotatable bonds is 7. The van der Waals surface area contributed by atoms with Gasteiger partial charge < -0.3 is 4.90 Å². The molecule has 0 aliphatic rings. The van der Waals surface area contributed by atoms with Crippen LogP contribution in [-0.2, 0) is 4.79 Å². The topological polar surface area (TPSA) is 20.3 Å². The average molecular weight is 183 g/mol. The Morgan fingerprint density at radius 1 is 1.46 bits per heavy atom. The van der Waals surface area contributed by atoms with Crippen LogP contribution in [0, 0.1) is 0 Å². The molecule has 0 unspecified atom stereocenters. The summed E-state index contributed by atoms with van der Waals surface area (Å²) in [5, 5.41) is 0. The molecule has 0 saturated heterocycles. The first-order valence-corrected chi connectivity index (χ1v) is 5.07. The number of carbonyl (C=O) groups is 1. The minimum absolute atomic E-state index is 0.260. The Morgan fingerprint density at radius 2 is 2.15 bits per heavy atom. The van der Waals surface area contributed by atoms with Crippen LogP contribution in [0.15, 0.2) is 12.7 Å². The Morgan fingerprint density at radius 3 is 2.69 bits per heavy atom. The average Bonchev–Trinajstić information content (AvgIpc) is 2.14. The van der Waals surface area contributed by atoms with Crippen molar-refractivity contribution in [3.05, 3.63) is 12.7 Å². The third-order valence-corrected chi connectivity index (χ3v) is 2.07. The van der Waals surface area contributed by atoms with Crippen molar-refractivity contribution >= 4 is 5.91 Å². The highest BCUT2D eigenvalue weighted by atomic mass is 16.2. The van der Waals surface area contributed by atoms with Crippen molar-refractivity contribution in [2.24, 2.45) is 0 Å². The highest BCUT2D eigenvalue weighted by Gasteiger charge is 2.05. The largest absolute Gasteiger partial charge is 0.346 e. The van der Waals surface area contributed by atoms with Crippen LogP contribution >= 0.6 is 0 Å². The summed E-state index contributed by atoms with van der Waals surface area (Å²) >= 11 is 0. The highest BCUT2D eigenvalue weighted by molar-refractivity contribution is 5.75. The molecule has 0 aromatic heterocycles. The molecule has 0 heterocycles. The van der Waals surface area contributed by atoms with E-state index in [1.54, 1.807) is 0 Å². The lowest BCUT2D eigenvalue weighted by Gasteiger charge is -2.16. The maximum absolute atomic E-state index is 11.4. The Kier molecular flexibility index (Phi) is 7.36. The van der Waals surface area contributed by atoms with Crippen LogP contribution in [-0.4, -0.2) is 24.4 Å². The molecular weight excluding hydrogens is 162 g/mol. The van der Waals surface area contributed by atoms with Gasteiger partial charge in [-0.2, -0.15) is 0 Å². The molecule has 0 fully saturated rings. The maximum atomic E-state index is 11.4. The zero-order chi connectivity index (χ0) is 10.1. The van der Waals surface area contributed by atoms with E-state index in [1.165, 1.54) is 0 Å². The third-order valence-electron chi connectivity index (χ3n) is 2.07. The van der Waals surface area contributed by atoms with Crippen molar-refractivity contribution in [1.82, 2.24) is 4.90 Å². The van der Waals surface area contributed by atoms with E-state index in [4.69, 9.17) is 0 Å². The van der Waals surface area contributed by atoms with Gasteiger partial charge in [-0.25, -0.2) is 0 Å². The second kappa shape index (κ2) is 7.84. The van der Waals surface area contributed by atoms with Gasteiger partial charge in [0.15, 0.2) is 0 Å². The Bertz CT molecular complexity index is 154. The molecule has 2 heteroatoms. The Balaban J connectivity index is 3.50. The minimum Gasteiger partial charge on any atom is -0.346 e. The van der Waals surface area contributed by atoms with Crippen LogP contribution in [0.1, 0.15) is 39.0 Å². The predicted octanol–water partition coefficient (Wildman–Crippen LogP) is 2.60. The van der Waals surface area contributed by atoms with Crippen molar-refractivity contribution in [3.63, 3.8) is 0 Å². The zero-order valence-electron chi connectivity index (χ0n) is 8.88. The van der Waals surface area contributed by atoms with Crippen LogP contribution in [0.4, 0.5) is 0 Å². The van der Waals surface area contributed by atoms with E-state index in [1.807, 2.05) is 18.0 Å². The Hall–Kier alpha value is -0.790. The summed E-state index contributed by atoms with van der Waals surface area (Å²) in [6, 6.07) is 0. The van der Waals surface area contributed by atoms with Gasteiger partial charge in [0.25, 0.3) is 0 Å². The van der Waals surface area contributed by atoms with Crippen LogP contribution in [0.2, 0.25) is 0 Å². The number of amides is 1. The first kappa shape index (κ1) is 12.2. The third kappa shape index (κ3) is 6.38. The summed E-state index contributed by atoms with van der Waals surface area (Å²) in [6.45, 7) is 6.65. The van der Waals surface area contributed by atoms with E-state index in [2.05, 4.69) is 13.5 Å². The summed E-state index contributed by atoms with van der Waals surface area (Å²) < 4.78 is 0. The van der Waals surface area contributed by atoms with Crippen LogP contribution in [0.5, 0.6) is 0 Å². The van der Waals surface area contributed by atoms with Crippen molar-refractivity contribution in [2.75, 3.05) is 13.6 Å². The molecule has 0 aliphatic heterocycles. The molecular formula is C11H21NO. The van der Waals surface area contributed by atoms with Crippen LogP contribution in [0.3, 0.4) is 0 Å². The van der Waals surface area contributed by atoms with Gasteiger partial charge in [0.05, 0.1) is 0 Å². The molecule has 0 aromatic carbocycles. The maximum Gasteiger partial charge on any atom is 0.222 e. The fourth-order valence-electron chi connectivity index (χ4n) is 1.11. The van der Waals surface area contributed by atoms with Crippen molar-refractivity contribution in [2.45, 2.75) is 39.0 Å². The second-order valence-corrected chi connectivity index (χ2v) is 3.35. The van der Waals surface area contributed by atoms with E-state index >= 15 is 0 Å². The van der Waals surface area contributed by atoms with Crippen LogP contribution in [0.25, 0.3) is 0 Å². The molecule has 0 aliphatic carbocycles. The lowest BCUT2D eigenvalue weighted by molar-refractivity contribution is -0.130. The Labute approximate surface area is 81.6 Å². The molecule has 0 rings (SSSR count). The smallest absolute Gasteiger partial charge is 0.222 e. The first-order chi connectivity index (χ1) is 6.22. The van der Waals surface area contributed by atoms with E-state index in [0.717, 1.165) is 32.2 Å². The summed E-state index contributed by atoms with van der Waals surface area (Å²) in [5.41, 5.74) is 0. The monoisotopic (exact) mass is 183 g/mol. The van der Waals surface area contributed by atoms with Crippen molar-refractivity contribution < 1.29 is 4.79 Å². The highest BCUT2D eigenvalue weighted by Crippen LogP contribution is 2.01. The fraction of sp³-hybridized carbons (Fsp3) is 0.727. The standard InChI is InChI=1S/C11H21NO/c1-4-6-8-9-11(13)12(3)10-7-5-2/h4H,1,5-10H2,2-3H3. The van der Waals surface area contributed by atoms with Gasteiger partial charge in [-0.3, -0.25) is 4.79 Å². The van der Waals surface area contributed by atoms with E-state index in [0.29, 0.717) is 6.42 Å². The van der Waals surface area contributed by atoms with Crippen molar-refractivity contribution in [1.29, 1.82) is 0 Å². The van der Waals surface area contributed by atoms with Gasteiger partial charge in [-0.05, 0) is 19.3 Å². The van der Waals surface area contributed by atoms with Gasteiger partial charge in [-0.1, -0.05) is 19.4 Å². The molecule has 76 valence electrons. The molecule has 0 spiro atoms. The molecule has 0 saturated carbocycles. The molecule has 2 nitrogen and oxygen atoms in total. The minimum atomic E-state index is 0.260. The lowest BCUT2D eigenvalue weighted by atomic mass is 10.2. The number of unbranched alkanes of at least 4 members (excludes halogenated alkanes) is 2. The quantitative estimate of drug-likeness (QED) is 0.439. The number of carbonyl (C=O) groups excluding carboxylic acids is 1. The van der Waals surface area contributed by atoms with Gasteiger partial charge in [-0.15, -0.1) is 6.58 Å². The fourth-order valence-corrected chi connectivity index (χ4v) is 1.11. The molecule has 0 atom stereocenters. The van der Waals surface area contributed by atoms with Gasteiger partial charge >= 0.3 is 0 Å². The number of hydrogen-bond donors (Lipinski definition) is 0. The summed E-state index contributed by atoms with van der Waals surface area (Å²) in [5.74, 6) is 0.260. The van der Waals surface area contributed by atoms with Gasteiger partial charge in [0.1, 0.15) is 0 Å². The normalized spacial score (nSPS) is 9.69. The molecule has 0 bridgehead atoms. The molecule has 1 amide bonds. The van der Waals surface area contributed by atoms with Gasteiger partial charge in [0, 0.05) is 20.0 Å². The van der Waals surface area contributed by atoms with Gasteiger partial charge in [0.2, 0.25) is 5.91 Å². The summed E-state index contributed by atoms with van der Waals surface area (Å²) in [7, 11) is 1.88. The first-order valence-electron chi connectivity index (χ1n) is 5.07. The zero-order valence-corrected chi connectivity index (χ0v) is 8.88.